The summed E-state index contributed by atoms with van der Waals surface area (Å²) < 4.78 is 40.8. The van der Waals surface area contributed by atoms with E-state index in [2.05, 4.69) is 47.6 Å². The Kier molecular flexibility index (Phi) is 25.8. The zero-order valence-electron chi connectivity index (χ0n) is 56.8. The number of aromatic hydroxyl groups is 1. The number of rotatable bonds is 36. The third-order valence-electron chi connectivity index (χ3n) is 16.1. The summed E-state index contributed by atoms with van der Waals surface area (Å²) in [7, 11) is 0. The van der Waals surface area contributed by atoms with Gasteiger partial charge in [0.05, 0.1) is 19.2 Å². The molecular formula is C69H86FN15O12. The van der Waals surface area contributed by atoms with Gasteiger partial charge in [0.2, 0.25) is 59.1 Å². The molecule has 1 aliphatic rings. The fourth-order valence-electron chi connectivity index (χ4n) is 11.1. The van der Waals surface area contributed by atoms with Crippen LogP contribution in [0.15, 0.2) is 145 Å². The van der Waals surface area contributed by atoms with E-state index >= 15 is 4.79 Å². The molecule has 5 aromatic carbocycles. The normalized spacial score (nSPS) is 15.6. The van der Waals surface area contributed by atoms with E-state index in [0.717, 1.165) is 12.1 Å². The minimum atomic E-state index is -2.04. The molecule has 516 valence electrons. The van der Waals surface area contributed by atoms with E-state index in [0.29, 0.717) is 44.9 Å². The van der Waals surface area contributed by atoms with Crippen molar-refractivity contribution in [3.8, 4) is 5.75 Å². The number of nitrogens with two attached hydrogens (primary N) is 4. The number of primary amides is 1. The predicted octanol–water partition coefficient (Wildman–Crippen LogP) is -0.0687. The number of phenolic OH excluding ortho intramolecular Hbond substituents is 1. The number of aliphatic hydroxyl groups excluding tert-OH is 1. The number of nitrogens with zero attached hydrogens (tertiary/aromatic N) is 2. The third-order valence-corrected chi connectivity index (χ3v) is 16.1. The number of phenols is 1. The second-order valence-electron chi connectivity index (χ2n) is 24.1. The minimum absolute atomic E-state index is 0.0155. The minimum Gasteiger partial charge on any atom is -0.508 e. The summed E-state index contributed by atoms with van der Waals surface area (Å²) in [6.45, 7) is 2.06. The molecule has 0 bridgehead atoms. The molecule has 2 heterocycles. The summed E-state index contributed by atoms with van der Waals surface area (Å²) in [4.78, 5) is 151. The number of fused-ring (bicyclic) bond motifs is 1. The Morgan fingerprint density at radius 1 is 0.619 bits per heavy atom. The van der Waals surface area contributed by atoms with E-state index in [1.165, 1.54) is 41.3 Å². The maximum absolute atomic E-state index is 15.1. The van der Waals surface area contributed by atoms with Gasteiger partial charge in [-0.25, -0.2) is 4.39 Å². The Hall–Kier alpha value is -10.7. The maximum Gasteiger partial charge on any atom is 0.245 e. The summed E-state index contributed by atoms with van der Waals surface area (Å²) in [5.41, 5.74) is 21.4. The van der Waals surface area contributed by atoms with Crippen molar-refractivity contribution < 1.29 is 66.8 Å². The van der Waals surface area contributed by atoms with Gasteiger partial charge in [0.1, 0.15) is 61.3 Å². The van der Waals surface area contributed by atoms with Gasteiger partial charge in [0.25, 0.3) is 0 Å². The molecule has 7 rings (SSSR count). The van der Waals surface area contributed by atoms with Crippen LogP contribution in [0, 0.1) is 11.7 Å². The lowest BCUT2D eigenvalue weighted by Gasteiger charge is -2.30. The molecule has 1 fully saturated rings. The van der Waals surface area contributed by atoms with Crippen LogP contribution in [0.4, 0.5) is 4.39 Å². The van der Waals surface area contributed by atoms with Crippen molar-refractivity contribution in [3.05, 3.63) is 173 Å². The number of halogens is 1. The number of nitrogens with one attached hydrogen (secondary N) is 9. The number of aliphatic imine (C=N–C) groups is 1. The number of hydrogen-bond donors (Lipinski definition) is 15. The van der Waals surface area contributed by atoms with E-state index < -0.39 is 145 Å². The fourth-order valence-corrected chi connectivity index (χ4v) is 11.1. The van der Waals surface area contributed by atoms with Gasteiger partial charge in [-0.1, -0.05) is 117 Å². The van der Waals surface area contributed by atoms with Crippen molar-refractivity contribution in [2.75, 3.05) is 26.2 Å². The summed E-state index contributed by atoms with van der Waals surface area (Å²) in [6, 6.07) is 20.3. The Balaban J connectivity index is 1.17. The Morgan fingerprint density at radius 3 is 1.71 bits per heavy atom. The molecular weight excluding hydrogens is 1250 g/mol. The lowest BCUT2D eigenvalue weighted by Crippen LogP contribution is -2.61. The summed E-state index contributed by atoms with van der Waals surface area (Å²) in [6.07, 6.45) is 0.857. The standard InChI is InChI=1S/C69H86FN15O12/c1-40(2)31-52(61(90)78-51(19-11-29-75-69(73)74)68(97)85-30-12-20-58(85)67(96)77-38-59(72)88)80-63(92)54(33-42-15-7-4-8-16-42)81-64(93)55(35-44-23-27-47(87)28-24-44)82-66(95)57(39-86)84-65(94)56(36-45-37-76-50-18-10-9-17-48(45)50)83-62(91)53(34-43-21-25-46(70)26-22-43)79-60(89)49(71)32-41-13-5-3-6-14-41/h3-10,13-18,21-28,37,40,49,51-58,76,86-87H,11-12,19-20,29-36,38-39,71H2,1-2H3,(H2,72,88)(H,77,96)(H,78,90)(H,79,89)(H,80,92)(H,81,93)(H,82,95)(H,83,91)(H,84,94)(H4,73,74,75)/t49-,51+,52+,53+,54+,55+,56+,57+,58+/m1/s1/i/hD3. The van der Waals surface area contributed by atoms with Gasteiger partial charge >= 0.3 is 0 Å². The van der Waals surface area contributed by atoms with Crippen molar-refractivity contribution in [2.45, 2.75) is 132 Å². The second-order valence-corrected chi connectivity index (χ2v) is 24.1. The fraction of sp³-hybridized carbons (Fsp3) is 0.377. The molecule has 97 heavy (non-hydrogen) atoms. The molecule has 0 saturated carbocycles. The average molecular weight is 1340 g/mol. The lowest BCUT2D eigenvalue weighted by molar-refractivity contribution is -0.142. The molecule has 27 nitrogen and oxygen atoms in total. The molecule has 9 atom stereocenters. The van der Waals surface area contributed by atoms with Crippen molar-refractivity contribution in [3.63, 3.8) is 0 Å². The number of amides is 10. The van der Waals surface area contributed by atoms with Crippen LogP contribution in [-0.4, -0.2) is 166 Å². The zero-order valence-corrected chi connectivity index (χ0v) is 53.8. The van der Waals surface area contributed by atoms with Crippen molar-refractivity contribution in [1.82, 2.24) is 52.4 Å². The van der Waals surface area contributed by atoms with Gasteiger partial charge in [0.15, 0.2) is 8.78 Å². The maximum atomic E-state index is 15.1. The molecule has 0 radical (unpaired) electrons. The van der Waals surface area contributed by atoms with Crippen molar-refractivity contribution in [2.24, 2.45) is 33.8 Å². The Bertz CT molecular complexity index is 3820. The summed E-state index contributed by atoms with van der Waals surface area (Å²) >= 11 is 0. The molecule has 0 spiro atoms. The van der Waals surface area contributed by atoms with E-state index in [-0.39, 0.29) is 86.5 Å². The van der Waals surface area contributed by atoms with Crippen LogP contribution in [0.2, 0.25) is 4.24 Å². The van der Waals surface area contributed by atoms with Gasteiger partial charge < -0.3 is 85.5 Å². The number of carbonyl (C=O) groups is 10. The number of benzene rings is 5. The number of guanidine groups is 1. The first-order valence-corrected chi connectivity index (χ1v) is 31.8. The van der Waals surface area contributed by atoms with Crippen LogP contribution in [0.3, 0.4) is 0 Å². The van der Waals surface area contributed by atoms with E-state index in [1.807, 2.05) is 0 Å². The van der Waals surface area contributed by atoms with Gasteiger partial charge in [-0.2, -0.15) is 0 Å². The largest absolute Gasteiger partial charge is 0.508 e. The average Bonchev–Trinajstić information content (AvgIpc) is 1.17. The van der Waals surface area contributed by atoms with Crippen LogP contribution >= 0.6 is 0 Å². The van der Waals surface area contributed by atoms with Gasteiger partial charge in [0, 0.05) is 55.9 Å². The number of aromatic amines is 1. The first kappa shape index (κ1) is 69.1. The smallest absolute Gasteiger partial charge is 0.245 e. The second kappa shape index (κ2) is 36.2. The molecule has 1 aromatic heterocycles. The van der Waals surface area contributed by atoms with E-state index in [1.54, 1.807) is 105 Å². The third kappa shape index (κ3) is 22.7. The van der Waals surface area contributed by atoms with Gasteiger partial charge in [-0.3, -0.25) is 52.9 Å². The predicted molar refractivity (Wildman–Crippen MR) is 359 cm³/mol. The summed E-state index contributed by atoms with van der Waals surface area (Å²) in [5.74, 6) is -10.8. The SMILES string of the molecule is [2H]N[C@H](Cc1ccccc1)C(=O)N([2H])[C@@H](Cc1ccc(F)cc1)C(=O)N[C@@H](Cc1c[nH]c2ccccc12)C(=O)N[C@@H](CO)C(=O)N([2H])[C@@H](Cc1ccc(O)cc1)C(=O)N[C@@H](Cc1ccccc1)C(=O)N[C@@H](CC(C)C)C(=O)N[C@@H](CCCN=C(N)N)C(=O)N1CCC[C@H]1C(=O)NCC(N)=O. The van der Waals surface area contributed by atoms with Crippen molar-refractivity contribution >= 4 is 75.9 Å². The zero-order chi connectivity index (χ0) is 72.6. The van der Waals surface area contributed by atoms with Crippen LogP contribution in [-0.2, 0) is 80.0 Å². The number of para-hydroxylation sites is 1. The highest BCUT2D eigenvalue weighted by molar-refractivity contribution is 5.99. The van der Waals surface area contributed by atoms with Crippen LogP contribution in [0.1, 0.15) is 73.8 Å². The first-order valence-electron chi connectivity index (χ1n) is 33.2. The quantitative estimate of drug-likeness (QED) is 0.0139. The molecule has 1 aliphatic heterocycles. The Labute approximate surface area is 564 Å². The van der Waals surface area contributed by atoms with Crippen LogP contribution in [0.25, 0.3) is 10.9 Å². The molecule has 6 aromatic rings. The highest BCUT2D eigenvalue weighted by atomic mass is 19.1. The number of aromatic nitrogens is 1. The monoisotopic (exact) mass is 1340 g/mol. The number of likely N-dealkylation sites (tertiary alicyclic amines) is 1. The lowest BCUT2D eigenvalue weighted by atomic mass is 9.99. The molecule has 28 heteroatoms. The van der Waals surface area contributed by atoms with Gasteiger partial charge in [-0.15, -0.1) is 0 Å². The summed E-state index contributed by atoms with van der Waals surface area (Å²) in [5, 5.41) is 38.1. The number of aliphatic hydroxyl groups is 1. The molecule has 19 N–H and O–H groups in total. The molecule has 0 aliphatic carbocycles. The molecule has 1 saturated heterocycles. The highest BCUT2D eigenvalue weighted by Gasteiger charge is 2.40. The molecule has 0 unspecified atom stereocenters. The first-order chi connectivity index (χ1) is 47.8. The van der Waals surface area contributed by atoms with Crippen LogP contribution < -0.4 is 65.4 Å². The Morgan fingerprint density at radius 2 is 1.12 bits per heavy atom. The van der Waals surface area contributed by atoms with Crippen LogP contribution in [0.5, 0.6) is 5.75 Å². The number of hydrogen-bond acceptors (Lipinski definition) is 14. The number of H-pyrrole nitrogens is 1. The van der Waals surface area contributed by atoms with Gasteiger partial charge in [-0.05, 0) is 103 Å². The van der Waals surface area contributed by atoms with Crippen molar-refractivity contribution in [1.29, 1.82) is 0 Å². The van der Waals surface area contributed by atoms with E-state index in [4.69, 9.17) is 20.0 Å². The molecule has 10 amide bonds. The van der Waals surface area contributed by atoms with E-state index in [9.17, 15) is 59.2 Å². The topological polar surface area (TPSA) is 443 Å². The number of carbonyl (C=O) groups excluding carboxylic acids is 10. The highest BCUT2D eigenvalue weighted by Crippen LogP contribution is 2.23.